The van der Waals surface area contributed by atoms with E-state index in [0.717, 1.165) is 0 Å². The fraction of sp³-hybridized carbons (Fsp3) is 0.278. The number of carbonyl (C=O) groups excluding carboxylic acids is 1. The molecule has 0 bridgehead atoms. The van der Waals surface area contributed by atoms with Crippen LogP contribution in [0.3, 0.4) is 0 Å². The lowest BCUT2D eigenvalue weighted by atomic mass is 10.2. The minimum Gasteiger partial charge on any atom is -0.497 e. The van der Waals surface area contributed by atoms with Crippen LogP contribution in [0.5, 0.6) is 17.2 Å². The van der Waals surface area contributed by atoms with E-state index in [4.69, 9.17) is 14.2 Å². The van der Waals surface area contributed by atoms with Crippen LogP contribution >= 0.6 is 0 Å². The average Bonchev–Trinajstić information content (AvgIpc) is 2.65. The fourth-order valence-corrected chi connectivity index (χ4v) is 2.28. The van der Waals surface area contributed by atoms with E-state index in [1.54, 1.807) is 31.2 Å². The van der Waals surface area contributed by atoms with Crippen LogP contribution in [0.15, 0.2) is 42.5 Å². The molecule has 0 spiro atoms. The molecule has 0 fully saturated rings. The van der Waals surface area contributed by atoms with Gasteiger partial charge >= 0.3 is 0 Å². The van der Waals surface area contributed by atoms with Gasteiger partial charge in [-0.05, 0) is 24.6 Å². The number of nitro groups is 1. The number of nitrogens with one attached hydrogen (secondary N) is 1. The highest BCUT2D eigenvalue weighted by molar-refractivity contribution is 5.96. The van der Waals surface area contributed by atoms with Crippen molar-refractivity contribution < 1.29 is 23.9 Å². The first-order chi connectivity index (χ1) is 12.5. The zero-order chi connectivity index (χ0) is 19.1. The van der Waals surface area contributed by atoms with Crippen LogP contribution in [0, 0.1) is 10.1 Å². The van der Waals surface area contributed by atoms with E-state index in [-0.39, 0.29) is 11.4 Å². The van der Waals surface area contributed by atoms with Gasteiger partial charge in [0.15, 0.2) is 6.10 Å². The van der Waals surface area contributed by atoms with Crippen molar-refractivity contribution >= 4 is 17.3 Å². The number of non-ortho nitro benzene ring substituents is 1. The number of benzene rings is 2. The predicted molar refractivity (Wildman–Crippen MR) is 96.0 cm³/mol. The molecule has 8 heteroatoms. The van der Waals surface area contributed by atoms with Gasteiger partial charge in [-0.25, -0.2) is 0 Å². The van der Waals surface area contributed by atoms with Crippen molar-refractivity contribution in [1.82, 2.24) is 0 Å². The molecule has 8 nitrogen and oxygen atoms in total. The topological polar surface area (TPSA) is 99.9 Å². The van der Waals surface area contributed by atoms with Gasteiger partial charge in [-0.3, -0.25) is 14.9 Å². The first-order valence-electron chi connectivity index (χ1n) is 7.92. The van der Waals surface area contributed by atoms with Crippen LogP contribution in [0.4, 0.5) is 11.4 Å². The van der Waals surface area contributed by atoms with Gasteiger partial charge in [0.2, 0.25) is 0 Å². The largest absolute Gasteiger partial charge is 0.497 e. The maximum atomic E-state index is 12.6. The summed E-state index contributed by atoms with van der Waals surface area (Å²) in [7, 11) is 2.96. The predicted octanol–water partition coefficient (Wildman–Crippen LogP) is 3.41. The number of hydrogen-bond donors (Lipinski definition) is 1. The van der Waals surface area contributed by atoms with Gasteiger partial charge in [0.25, 0.3) is 11.6 Å². The van der Waals surface area contributed by atoms with Gasteiger partial charge in [0, 0.05) is 18.2 Å². The molecule has 0 saturated heterocycles. The smallest absolute Gasteiger partial charge is 0.271 e. The highest BCUT2D eigenvalue weighted by Crippen LogP contribution is 2.29. The number of methoxy groups -OCH3 is 2. The number of ether oxygens (including phenoxy) is 3. The Morgan fingerprint density at radius 1 is 1.15 bits per heavy atom. The van der Waals surface area contributed by atoms with E-state index in [1.165, 1.54) is 32.4 Å². The SMILES string of the molecule is CC[C@@H](Oc1cccc(OC)c1)C(=O)Nc1cc([N+](=O)[O-])ccc1OC. The van der Waals surface area contributed by atoms with Crippen LogP contribution in [-0.2, 0) is 4.79 Å². The summed E-state index contributed by atoms with van der Waals surface area (Å²) < 4.78 is 16.0. The number of amides is 1. The Morgan fingerprint density at radius 3 is 2.50 bits per heavy atom. The summed E-state index contributed by atoms with van der Waals surface area (Å²) in [6.45, 7) is 1.80. The van der Waals surface area contributed by atoms with E-state index in [1.807, 2.05) is 0 Å². The second-order valence-electron chi connectivity index (χ2n) is 5.32. The molecule has 138 valence electrons. The first-order valence-corrected chi connectivity index (χ1v) is 7.92. The van der Waals surface area contributed by atoms with Gasteiger partial charge in [-0.15, -0.1) is 0 Å². The maximum Gasteiger partial charge on any atom is 0.271 e. The molecule has 0 aliphatic carbocycles. The number of hydrogen-bond acceptors (Lipinski definition) is 6. The normalized spacial score (nSPS) is 11.3. The molecule has 2 aromatic rings. The lowest BCUT2D eigenvalue weighted by molar-refractivity contribution is -0.384. The zero-order valence-corrected chi connectivity index (χ0v) is 14.7. The van der Waals surface area contributed by atoms with Crippen molar-refractivity contribution in [3.63, 3.8) is 0 Å². The molecule has 0 heterocycles. The zero-order valence-electron chi connectivity index (χ0n) is 14.7. The number of carbonyl (C=O) groups is 1. The number of rotatable bonds is 8. The maximum absolute atomic E-state index is 12.6. The summed E-state index contributed by atoms with van der Waals surface area (Å²) in [6.07, 6.45) is -0.383. The van der Waals surface area contributed by atoms with Crippen LogP contribution < -0.4 is 19.5 Å². The van der Waals surface area contributed by atoms with Crippen molar-refractivity contribution in [1.29, 1.82) is 0 Å². The second kappa shape index (κ2) is 8.70. The molecule has 0 radical (unpaired) electrons. The van der Waals surface area contributed by atoms with Gasteiger partial charge in [0.05, 0.1) is 24.8 Å². The van der Waals surface area contributed by atoms with E-state index in [0.29, 0.717) is 23.7 Å². The second-order valence-corrected chi connectivity index (χ2v) is 5.32. The molecule has 0 aliphatic heterocycles. The van der Waals surface area contributed by atoms with Gasteiger partial charge < -0.3 is 19.5 Å². The van der Waals surface area contributed by atoms with Crippen LogP contribution in [0.2, 0.25) is 0 Å². The minimum absolute atomic E-state index is 0.150. The molecule has 1 N–H and O–H groups in total. The Bertz CT molecular complexity index is 793. The Hall–Kier alpha value is -3.29. The molecule has 1 amide bonds. The van der Waals surface area contributed by atoms with Crippen LogP contribution in [0.25, 0.3) is 0 Å². The molecule has 1 atom stereocenters. The van der Waals surface area contributed by atoms with Gasteiger partial charge in [-0.1, -0.05) is 13.0 Å². The third-order valence-corrected chi connectivity index (χ3v) is 3.63. The monoisotopic (exact) mass is 360 g/mol. The molecule has 2 rings (SSSR count). The van der Waals surface area contributed by atoms with Crippen molar-refractivity contribution in [2.45, 2.75) is 19.4 Å². The number of nitrogens with zero attached hydrogens (tertiary/aromatic N) is 1. The minimum atomic E-state index is -0.786. The average molecular weight is 360 g/mol. The summed E-state index contributed by atoms with van der Waals surface area (Å²) in [5, 5.41) is 13.6. The lowest BCUT2D eigenvalue weighted by Crippen LogP contribution is -2.32. The molecular formula is C18H20N2O6. The highest BCUT2D eigenvalue weighted by atomic mass is 16.6. The quantitative estimate of drug-likeness (QED) is 0.572. The Morgan fingerprint density at radius 2 is 1.88 bits per heavy atom. The molecule has 26 heavy (non-hydrogen) atoms. The summed E-state index contributed by atoms with van der Waals surface area (Å²) in [4.78, 5) is 23.0. The van der Waals surface area contributed by atoms with E-state index >= 15 is 0 Å². The van der Waals surface area contributed by atoms with Crippen LogP contribution in [0.1, 0.15) is 13.3 Å². The molecule has 0 unspecified atom stereocenters. The summed E-state index contributed by atoms with van der Waals surface area (Å²) >= 11 is 0. The molecule has 0 aliphatic rings. The molecule has 0 saturated carbocycles. The molecule has 0 aromatic heterocycles. The van der Waals surface area contributed by atoms with Crippen molar-refractivity contribution in [3.05, 3.63) is 52.6 Å². The first kappa shape index (κ1) is 19.0. The highest BCUT2D eigenvalue weighted by Gasteiger charge is 2.21. The Balaban J connectivity index is 2.18. The van der Waals surface area contributed by atoms with Crippen molar-refractivity contribution in [2.24, 2.45) is 0 Å². The molecular weight excluding hydrogens is 340 g/mol. The van der Waals surface area contributed by atoms with Crippen molar-refractivity contribution in [2.75, 3.05) is 19.5 Å². The van der Waals surface area contributed by atoms with E-state index < -0.39 is 16.9 Å². The third-order valence-electron chi connectivity index (χ3n) is 3.63. The van der Waals surface area contributed by atoms with Crippen molar-refractivity contribution in [3.8, 4) is 17.2 Å². The molecule has 2 aromatic carbocycles. The van der Waals surface area contributed by atoms with Crippen LogP contribution in [-0.4, -0.2) is 31.2 Å². The van der Waals surface area contributed by atoms with E-state index in [9.17, 15) is 14.9 Å². The van der Waals surface area contributed by atoms with Gasteiger partial charge in [0.1, 0.15) is 17.2 Å². The number of nitro benzene ring substituents is 1. The third kappa shape index (κ3) is 4.62. The Labute approximate surface area is 150 Å². The van der Waals surface area contributed by atoms with E-state index in [2.05, 4.69) is 5.32 Å². The lowest BCUT2D eigenvalue weighted by Gasteiger charge is -2.18. The van der Waals surface area contributed by atoms with Gasteiger partial charge in [-0.2, -0.15) is 0 Å². The summed E-state index contributed by atoms with van der Waals surface area (Å²) in [5.41, 5.74) is 0.0576. The fourth-order valence-electron chi connectivity index (χ4n) is 2.28. The Kier molecular flexibility index (Phi) is 6.37. The standard InChI is InChI=1S/C18H20N2O6/c1-4-16(26-14-7-5-6-13(11-14)24-2)18(21)19-15-10-12(20(22)23)8-9-17(15)25-3/h5-11,16H,4H2,1-3H3,(H,19,21)/t16-/m1/s1. The summed E-state index contributed by atoms with van der Waals surface area (Å²) in [6, 6.07) is 10.9. The summed E-state index contributed by atoms with van der Waals surface area (Å²) in [5.74, 6) is 0.977. The number of anilines is 1.